The molecule has 0 aliphatic rings. The average Bonchev–Trinajstić information content (AvgIpc) is 2.18. The normalized spacial score (nSPS) is 10.0. The minimum absolute atomic E-state index is 0.00176. The second-order valence-corrected chi connectivity index (χ2v) is 3.89. The number of carbonyl (C=O) groups is 2. The van der Waals surface area contributed by atoms with Crippen LogP contribution >= 0.6 is 9.24 Å². The molecule has 80 valence electrons. The van der Waals surface area contributed by atoms with Crippen LogP contribution < -0.4 is 0 Å². The molecule has 15 heavy (non-hydrogen) atoms. The maximum atomic E-state index is 12.5. The van der Waals surface area contributed by atoms with Gasteiger partial charge in [0.05, 0.1) is 0 Å². The molecule has 0 aliphatic carbocycles. The lowest BCUT2D eigenvalue weighted by atomic mass is 10.1. The molecule has 0 aromatic heterocycles. The van der Waals surface area contributed by atoms with Crippen LogP contribution in [0.2, 0.25) is 0 Å². The molecule has 1 atom stereocenters. The highest BCUT2D eigenvalue weighted by molar-refractivity contribution is 7.40. The molecule has 0 aliphatic heterocycles. The molecule has 0 heterocycles. The van der Waals surface area contributed by atoms with Crippen LogP contribution in [0.25, 0.3) is 0 Å². The van der Waals surface area contributed by atoms with E-state index in [4.69, 9.17) is 0 Å². The van der Waals surface area contributed by atoms with E-state index >= 15 is 0 Å². The van der Waals surface area contributed by atoms with Crippen molar-refractivity contribution < 1.29 is 14.0 Å². The van der Waals surface area contributed by atoms with Crippen molar-refractivity contribution in [1.82, 2.24) is 0 Å². The van der Waals surface area contributed by atoms with Gasteiger partial charge in [-0.25, -0.2) is 4.39 Å². The summed E-state index contributed by atoms with van der Waals surface area (Å²) in [4.78, 5) is 22.1. The fourth-order valence-corrected chi connectivity index (χ4v) is 1.41. The zero-order valence-electron chi connectivity index (χ0n) is 8.20. The van der Waals surface area contributed by atoms with Gasteiger partial charge in [-0.15, -0.1) is 0 Å². The highest BCUT2D eigenvalue weighted by Gasteiger charge is 2.06. The predicted octanol–water partition coefficient (Wildman–Crippen LogP) is 2.58. The topological polar surface area (TPSA) is 34.1 Å². The van der Waals surface area contributed by atoms with Gasteiger partial charge in [-0.3, -0.25) is 9.59 Å². The summed E-state index contributed by atoms with van der Waals surface area (Å²) in [5.74, 6) is -0.409. The molecule has 0 N–H and O–H groups in total. The third-order valence-corrected chi connectivity index (χ3v) is 2.28. The fourth-order valence-electron chi connectivity index (χ4n) is 1.20. The lowest BCUT2D eigenvalue weighted by molar-refractivity contribution is -0.111. The Labute approximate surface area is 90.1 Å². The molecule has 4 heteroatoms. The van der Waals surface area contributed by atoms with E-state index in [-0.39, 0.29) is 17.1 Å². The molecular formula is C11H12FO2P. The van der Waals surface area contributed by atoms with E-state index in [0.717, 1.165) is 0 Å². The SMILES string of the molecule is O=C(P)CCCC(=O)c1ccc(F)cc1. The van der Waals surface area contributed by atoms with E-state index in [1.807, 2.05) is 0 Å². The number of halogens is 1. The number of Topliss-reactive ketones (excluding diaryl/α,β-unsaturated/α-hetero) is 1. The van der Waals surface area contributed by atoms with Crippen LogP contribution in [-0.4, -0.2) is 11.3 Å². The number of benzene rings is 1. The maximum absolute atomic E-state index is 12.5. The van der Waals surface area contributed by atoms with Gasteiger partial charge >= 0.3 is 0 Å². The van der Waals surface area contributed by atoms with Crippen LogP contribution in [0.3, 0.4) is 0 Å². The average molecular weight is 226 g/mol. The van der Waals surface area contributed by atoms with E-state index in [1.54, 1.807) is 0 Å². The van der Waals surface area contributed by atoms with E-state index in [9.17, 15) is 14.0 Å². The third kappa shape index (κ3) is 4.30. The number of carbonyl (C=O) groups excluding carboxylic acids is 2. The summed E-state index contributed by atoms with van der Waals surface area (Å²) in [5.41, 5.74) is 0.495. The van der Waals surface area contributed by atoms with E-state index in [1.165, 1.54) is 24.3 Å². The van der Waals surface area contributed by atoms with Gasteiger partial charge in [0.15, 0.2) is 5.78 Å². The summed E-state index contributed by atoms with van der Waals surface area (Å²) >= 11 is 0. The van der Waals surface area contributed by atoms with Crippen molar-refractivity contribution in [2.75, 3.05) is 0 Å². The maximum Gasteiger partial charge on any atom is 0.162 e. The fraction of sp³-hybridized carbons (Fsp3) is 0.273. The van der Waals surface area contributed by atoms with Crippen LogP contribution in [0.1, 0.15) is 29.6 Å². The number of rotatable bonds is 5. The number of hydrogen-bond acceptors (Lipinski definition) is 2. The largest absolute Gasteiger partial charge is 0.295 e. The third-order valence-electron chi connectivity index (χ3n) is 1.99. The van der Waals surface area contributed by atoms with Gasteiger partial charge in [0, 0.05) is 18.4 Å². The smallest absolute Gasteiger partial charge is 0.162 e. The summed E-state index contributed by atoms with van der Waals surface area (Å²) < 4.78 is 12.5. The quantitative estimate of drug-likeness (QED) is 0.571. The highest BCUT2D eigenvalue weighted by atomic mass is 31.0. The Morgan fingerprint density at radius 3 is 2.27 bits per heavy atom. The molecule has 0 spiro atoms. The first-order valence-corrected chi connectivity index (χ1v) is 5.24. The van der Waals surface area contributed by atoms with Gasteiger partial charge in [-0.05, 0) is 30.7 Å². The summed E-state index contributed by atoms with van der Waals surface area (Å²) in [5, 5.41) is 0. The van der Waals surface area contributed by atoms with Crippen molar-refractivity contribution in [2.45, 2.75) is 19.3 Å². The van der Waals surface area contributed by atoms with E-state index in [2.05, 4.69) is 9.24 Å². The molecule has 1 aromatic rings. The lowest BCUT2D eigenvalue weighted by Crippen LogP contribution is -1.99. The second-order valence-electron chi connectivity index (χ2n) is 3.25. The van der Waals surface area contributed by atoms with Crippen molar-refractivity contribution in [3.05, 3.63) is 35.6 Å². The molecule has 1 rings (SSSR count). The molecule has 0 bridgehead atoms. The van der Waals surface area contributed by atoms with Gasteiger partial charge in [0.1, 0.15) is 11.3 Å². The van der Waals surface area contributed by atoms with E-state index < -0.39 is 0 Å². The Bertz CT molecular complexity index is 359. The van der Waals surface area contributed by atoms with Gasteiger partial charge in [0.25, 0.3) is 0 Å². The molecule has 0 saturated carbocycles. The van der Waals surface area contributed by atoms with Crippen molar-refractivity contribution in [3.8, 4) is 0 Å². The molecule has 1 unspecified atom stereocenters. The van der Waals surface area contributed by atoms with Crippen molar-refractivity contribution in [2.24, 2.45) is 0 Å². The van der Waals surface area contributed by atoms with Crippen LogP contribution in [-0.2, 0) is 4.79 Å². The molecule has 2 nitrogen and oxygen atoms in total. The first-order valence-electron chi connectivity index (χ1n) is 4.66. The van der Waals surface area contributed by atoms with Crippen LogP contribution in [0.15, 0.2) is 24.3 Å². The van der Waals surface area contributed by atoms with Crippen LogP contribution in [0.4, 0.5) is 4.39 Å². The standard InChI is InChI=1S/C11H12FO2P/c12-9-6-4-8(5-7-9)10(13)2-1-3-11(14)15/h4-7H,1-3,15H2. The van der Waals surface area contributed by atoms with E-state index in [0.29, 0.717) is 24.8 Å². The number of ketones is 1. The molecule has 0 radical (unpaired) electrons. The van der Waals surface area contributed by atoms with Gasteiger partial charge in [-0.1, -0.05) is 9.24 Å². The minimum atomic E-state index is -0.355. The summed E-state index contributed by atoms with van der Waals surface area (Å²) in [6.45, 7) is 0. The van der Waals surface area contributed by atoms with Crippen molar-refractivity contribution >= 4 is 20.5 Å². The predicted molar refractivity (Wildman–Crippen MR) is 59.3 cm³/mol. The Balaban J connectivity index is 2.47. The highest BCUT2D eigenvalue weighted by Crippen LogP contribution is 2.09. The zero-order valence-corrected chi connectivity index (χ0v) is 9.36. The van der Waals surface area contributed by atoms with Crippen molar-refractivity contribution in [1.29, 1.82) is 0 Å². The second kappa shape index (κ2) is 5.72. The Hall–Kier alpha value is -1.08. The molecule has 1 aromatic carbocycles. The van der Waals surface area contributed by atoms with Gasteiger partial charge < -0.3 is 0 Å². The molecule has 0 fully saturated rings. The summed E-state index contributed by atoms with van der Waals surface area (Å²) in [6, 6.07) is 5.43. The monoisotopic (exact) mass is 226 g/mol. The molecule has 0 saturated heterocycles. The van der Waals surface area contributed by atoms with Crippen LogP contribution in [0.5, 0.6) is 0 Å². The first-order chi connectivity index (χ1) is 7.09. The molecular weight excluding hydrogens is 214 g/mol. The number of hydrogen-bond donors (Lipinski definition) is 0. The Morgan fingerprint density at radius 1 is 1.13 bits per heavy atom. The minimum Gasteiger partial charge on any atom is -0.295 e. The Kier molecular flexibility index (Phi) is 4.57. The first kappa shape index (κ1) is 12.0. The van der Waals surface area contributed by atoms with Crippen molar-refractivity contribution in [3.63, 3.8) is 0 Å². The van der Waals surface area contributed by atoms with Gasteiger partial charge in [-0.2, -0.15) is 0 Å². The summed E-state index contributed by atoms with van der Waals surface area (Å²) in [7, 11) is 2.07. The van der Waals surface area contributed by atoms with Crippen LogP contribution in [0, 0.1) is 5.82 Å². The molecule has 0 amide bonds. The van der Waals surface area contributed by atoms with Gasteiger partial charge in [0.2, 0.25) is 0 Å². The summed E-state index contributed by atoms with van der Waals surface area (Å²) in [6.07, 6.45) is 1.25. The zero-order chi connectivity index (χ0) is 11.3. The Morgan fingerprint density at radius 2 is 1.73 bits per heavy atom. The lowest BCUT2D eigenvalue weighted by Gasteiger charge is -1.99.